The number of nitrogens with zero attached hydrogens (tertiary/aromatic N) is 2. The van der Waals surface area contributed by atoms with Gasteiger partial charge in [0.1, 0.15) is 11.4 Å². The number of fused-ring (bicyclic) bond motifs is 1. The summed E-state index contributed by atoms with van der Waals surface area (Å²) in [6, 6.07) is 16.5. The Kier molecular flexibility index (Phi) is 11.0. The zero-order valence-corrected chi connectivity index (χ0v) is 25.7. The number of nitrogens with one attached hydrogen (secondary N) is 4. The lowest BCUT2D eigenvalue weighted by Gasteiger charge is -2.28. The van der Waals surface area contributed by atoms with Crippen molar-refractivity contribution in [2.75, 3.05) is 36.8 Å². The summed E-state index contributed by atoms with van der Waals surface area (Å²) in [4.78, 5) is 21.6. The van der Waals surface area contributed by atoms with E-state index in [1.807, 2.05) is 51.1 Å². The van der Waals surface area contributed by atoms with Crippen LogP contribution in [0.4, 0.5) is 16.6 Å². The van der Waals surface area contributed by atoms with E-state index in [1.54, 1.807) is 24.3 Å². The maximum absolute atomic E-state index is 12.5. The van der Waals surface area contributed by atoms with Gasteiger partial charge in [-0.3, -0.25) is 0 Å². The fourth-order valence-corrected chi connectivity index (χ4v) is 6.17. The first-order chi connectivity index (χ1) is 20.1. The fourth-order valence-electron chi connectivity index (χ4n) is 5.04. The summed E-state index contributed by atoms with van der Waals surface area (Å²) < 4.78 is 33.1. The number of ether oxygens (including phenoxy) is 1. The van der Waals surface area contributed by atoms with E-state index in [1.165, 1.54) is 0 Å². The van der Waals surface area contributed by atoms with Crippen molar-refractivity contribution in [3.63, 3.8) is 0 Å². The number of para-hydroxylation sites is 1. The van der Waals surface area contributed by atoms with Gasteiger partial charge in [-0.1, -0.05) is 30.3 Å². The number of sulfonamides is 1. The molecule has 0 aliphatic heterocycles. The zero-order chi connectivity index (χ0) is 30.0. The molecule has 0 atom stereocenters. The van der Waals surface area contributed by atoms with Crippen molar-refractivity contribution in [3.05, 3.63) is 54.6 Å². The topological polar surface area (TPSA) is 134 Å². The smallest absolute Gasteiger partial charge is 0.407 e. The van der Waals surface area contributed by atoms with Crippen molar-refractivity contribution in [1.82, 2.24) is 20.0 Å². The van der Waals surface area contributed by atoms with Crippen LogP contribution in [0.1, 0.15) is 59.3 Å². The van der Waals surface area contributed by atoms with E-state index in [9.17, 15) is 13.2 Å². The lowest BCUT2D eigenvalue weighted by atomic mass is 9.82. The Bertz CT molecular complexity index is 1400. The summed E-state index contributed by atoms with van der Waals surface area (Å²) in [5.41, 5.74) is 0.370. The van der Waals surface area contributed by atoms with Crippen LogP contribution in [-0.2, 0) is 14.8 Å². The molecule has 2 aromatic carbocycles. The summed E-state index contributed by atoms with van der Waals surface area (Å²) in [5.74, 6) is 2.21. The number of amides is 1. The van der Waals surface area contributed by atoms with Crippen LogP contribution < -0.4 is 20.7 Å². The molecule has 1 saturated carbocycles. The van der Waals surface area contributed by atoms with E-state index < -0.39 is 21.7 Å². The average molecular weight is 597 g/mol. The number of hydrogen-bond acceptors (Lipinski definition) is 8. The van der Waals surface area contributed by atoms with Crippen LogP contribution in [0.2, 0.25) is 0 Å². The van der Waals surface area contributed by atoms with E-state index in [4.69, 9.17) is 14.7 Å². The highest BCUT2D eigenvalue weighted by Gasteiger charge is 2.23. The van der Waals surface area contributed by atoms with E-state index in [0.29, 0.717) is 42.3 Å². The second kappa shape index (κ2) is 14.6. The molecule has 1 aliphatic rings. The number of carbonyl (C=O) groups is 1. The van der Waals surface area contributed by atoms with Gasteiger partial charge in [-0.15, -0.1) is 0 Å². The molecule has 0 bridgehead atoms. The highest BCUT2D eigenvalue weighted by molar-refractivity contribution is 7.89. The number of alkyl carbamates (subject to hydrolysis) is 1. The average Bonchev–Trinajstić information content (AvgIpc) is 2.97. The molecular weight excluding hydrogens is 552 g/mol. The maximum atomic E-state index is 12.5. The molecule has 0 saturated heterocycles. The molecule has 4 rings (SSSR count). The van der Waals surface area contributed by atoms with Crippen LogP contribution >= 0.6 is 0 Å². The molecule has 4 N–H and O–H groups in total. The predicted molar refractivity (Wildman–Crippen MR) is 167 cm³/mol. The van der Waals surface area contributed by atoms with Crippen molar-refractivity contribution in [3.8, 4) is 0 Å². The van der Waals surface area contributed by atoms with Crippen LogP contribution in [0.5, 0.6) is 0 Å². The first kappa shape index (κ1) is 31.5. The molecule has 0 unspecified atom stereocenters. The van der Waals surface area contributed by atoms with Gasteiger partial charge in [-0.25, -0.2) is 22.9 Å². The van der Waals surface area contributed by atoms with Gasteiger partial charge < -0.3 is 20.7 Å². The van der Waals surface area contributed by atoms with E-state index >= 15 is 0 Å². The molecule has 0 spiro atoms. The Hall–Kier alpha value is -3.44. The van der Waals surface area contributed by atoms with Gasteiger partial charge in [0, 0.05) is 31.6 Å². The quantitative estimate of drug-likeness (QED) is 0.189. The summed E-state index contributed by atoms with van der Waals surface area (Å²) in [6.07, 6.45) is 5.31. The normalized spacial score (nSPS) is 17.5. The third-order valence-corrected chi connectivity index (χ3v) is 8.74. The monoisotopic (exact) mass is 596 g/mol. The van der Waals surface area contributed by atoms with Gasteiger partial charge >= 0.3 is 6.09 Å². The van der Waals surface area contributed by atoms with E-state index in [0.717, 1.165) is 61.8 Å². The SMILES string of the molecule is CC(C)(C)OC(=O)NCCCCNc1nc(NC[C@H]2CC[C@H](CNS(=O)(=O)c3ccccc3)CC2)nc2ccccc12. The van der Waals surface area contributed by atoms with Crippen molar-refractivity contribution >= 4 is 38.8 Å². The third kappa shape index (κ3) is 9.84. The van der Waals surface area contributed by atoms with Gasteiger partial charge in [0.15, 0.2) is 0 Å². The number of anilines is 2. The molecule has 1 fully saturated rings. The van der Waals surface area contributed by atoms with Crippen LogP contribution in [0.25, 0.3) is 10.9 Å². The van der Waals surface area contributed by atoms with Crippen LogP contribution in [0, 0.1) is 11.8 Å². The van der Waals surface area contributed by atoms with Gasteiger partial charge in [-0.2, -0.15) is 4.98 Å². The highest BCUT2D eigenvalue weighted by Crippen LogP contribution is 2.29. The van der Waals surface area contributed by atoms with Crippen LogP contribution in [0.15, 0.2) is 59.5 Å². The Labute approximate surface area is 249 Å². The molecule has 42 heavy (non-hydrogen) atoms. The van der Waals surface area contributed by atoms with Crippen molar-refractivity contribution in [2.45, 2.75) is 69.8 Å². The zero-order valence-electron chi connectivity index (χ0n) is 24.9. The molecule has 1 heterocycles. The Morgan fingerprint density at radius 3 is 2.21 bits per heavy atom. The minimum Gasteiger partial charge on any atom is -0.444 e. The third-order valence-electron chi connectivity index (χ3n) is 7.30. The maximum Gasteiger partial charge on any atom is 0.407 e. The molecule has 1 aliphatic carbocycles. The molecule has 3 aromatic rings. The Morgan fingerprint density at radius 1 is 0.857 bits per heavy atom. The number of rotatable bonds is 13. The standard InChI is InChI=1S/C31H44N6O4S/c1-31(2,3)41-30(38)33-20-10-9-19-32-28-26-13-7-8-14-27(26)36-29(37-28)34-21-23-15-17-24(18-16-23)22-35-42(39,40)25-11-5-4-6-12-25/h4-8,11-14,23-24,35H,9-10,15-22H2,1-3H3,(H,33,38)(H2,32,34,36,37)/t23-,24-. The summed E-state index contributed by atoms with van der Waals surface area (Å²) in [6.45, 7) is 8.05. The van der Waals surface area contributed by atoms with Crippen molar-refractivity contribution in [1.29, 1.82) is 0 Å². The molecule has 1 aromatic heterocycles. The number of unbranched alkanes of at least 4 members (excludes halogenated alkanes) is 1. The molecule has 1 amide bonds. The number of benzene rings is 2. The fraction of sp³-hybridized carbons (Fsp3) is 0.516. The summed E-state index contributed by atoms with van der Waals surface area (Å²) in [5, 5.41) is 10.6. The summed E-state index contributed by atoms with van der Waals surface area (Å²) in [7, 11) is -3.47. The first-order valence-electron chi connectivity index (χ1n) is 14.9. The minimum absolute atomic E-state index is 0.308. The number of hydrogen-bond donors (Lipinski definition) is 4. The van der Waals surface area contributed by atoms with Crippen molar-refractivity contribution in [2.24, 2.45) is 11.8 Å². The van der Waals surface area contributed by atoms with Gasteiger partial charge in [0.05, 0.1) is 10.4 Å². The number of carbonyl (C=O) groups excluding carboxylic acids is 1. The lowest BCUT2D eigenvalue weighted by molar-refractivity contribution is 0.0527. The van der Waals surface area contributed by atoms with Crippen molar-refractivity contribution < 1.29 is 17.9 Å². The van der Waals surface area contributed by atoms with E-state index in [-0.39, 0.29) is 0 Å². The molecule has 11 heteroatoms. The van der Waals surface area contributed by atoms with Gasteiger partial charge in [-0.05, 0) is 95.4 Å². The van der Waals surface area contributed by atoms with Crippen LogP contribution in [-0.4, -0.2) is 56.3 Å². The van der Waals surface area contributed by atoms with Gasteiger partial charge in [0.25, 0.3) is 0 Å². The second-order valence-corrected chi connectivity index (χ2v) is 13.7. The predicted octanol–water partition coefficient (Wildman–Crippen LogP) is 5.54. The molecule has 10 nitrogen and oxygen atoms in total. The summed E-state index contributed by atoms with van der Waals surface area (Å²) >= 11 is 0. The molecular formula is C31H44N6O4S. The number of aromatic nitrogens is 2. The van der Waals surface area contributed by atoms with E-state index in [2.05, 4.69) is 20.7 Å². The Balaban J connectivity index is 1.21. The highest BCUT2D eigenvalue weighted by atomic mass is 32.2. The molecule has 228 valence electrons. The Morgan fingerprint density at radius 2 is 1.50 bits per heavy atom. The first-order valence-corrected chi connectivity index (χ1v) is 16.3. The van der Waals surface area contributed by atoms with Gasteiger partial charge in [0.2, 0.25) is 16.0 Å². The molecule has 0 radical (unpaired) electrons. The lowest BCUT2D eigenvalue weighted by Crippen LogP contribution is -2.33. The second-order valence-electron chi connectivity index (χ2n) is 11.9. The minimum atomic E-state index is -3.47. The van der Waals surface area contributed by atoms with Crippen LogP contribution in [0.3, 0.4) is 0 Å². The largest absolute Gasteiger partial charge is 0.444 e.